The van der Waals surface area contributed by atoms with Crippen LogP contribution >= 0.6 is 11.6 Å². The lowest BCUT2D eigenvalue weighted by atomic mass is 10.0. The molecule has 6 heteroatoms. The number of aromatic nitrogens is 1. The van der Waals surface area contributed by atoms with Gasteiger partial charge in [-0.15, -0.1) is 0 Å². The van der Waals surface area contributed by atoms with Crippen LogP contribution in [0.15, 0.2) is 24.4 Å². The number of hydrogen-bond acceptors (Lipinski definition) is 2. The van der Waals surface area contributed by atoms with E-state index in [1.165, 1.54) is 5.56 Å². The van der Waals surface area contributed by atoms with Crippen LogP contribution in [0.5, 0.6) is 11.6 Å². The van der Waals surface area contributed by atoms with Gasteiger partial charge in [0.15, 0.2) is 0 Å². The van der Waals surface area contributed by atoms with Crippen LogP contribution in [-0.4, -0.2) is 4.98 Å². The molecule has 2 nitrogen and oxygen atoms in total. The van der Waals surface area contributed by atoms with Gasteiger partial charge in [0.1, 0.15) is 11.3 Å². The zero-order valence-corrected chi connectivity index (χ0v) is 12.6. The molecule has 1 aliphatic carbocycles. The Balaban J connectivity index is 2.03. The number of benzene rings is 1. The third kappa shape index (κ3) is 2.77. The van der Waals surface area contributed by atoms with E-state index in [1.807, 2.05) is 13.0 Å². The molecular weight excluding hydrogens is 315 g/mol. The van der Waals surface area contributed by atoms with E-state index in [9.17, 15) is 13.2 Å². The molecule has 3 rings (SSSR count). The zero-order valence-electron chi connectivity index (χ0n) is 11.8. The van der Waals surface area contributed by atoms with Gasteiger partial charge >= 0.3 is 6.18 Å². The Hall–Kier alpha value is -1.75. The molecule has 1 heterocycles. The number of rotatable bonds is 2. The maximum Gasteiger partial charge on any atom is 0.421 e. The van der Waals surface area contributed by atoms with Crippen molar-refractivity contribution in [3.8, 4) is 11.6 Å². The molecule has 116 valence electrons. The molecule has 2 aromatic rings. The predicted octanol–water partition coefficient (Wildman–Crippen LogP) is 5.34. The summed E-state index contributed by atoms with van der Waals surface area (Å²) >= 11 is 5.62. The molecule has 22 heavy (non-hydrogen) atoms. The largest absolute Gasteiger partial charge is 0.438 e. The van der Waals surface area contributed by atoms with Crippen molar-refractivity contribution in [1.29, 1.82) is 0 Å². The number of aryl methyl sites for hydroxylation is 1. The highest BCUT2D eigenvalue weighted by molar-refractivity contribution is 6.30. The number of nitrogens with zero attached hydrogens (tertiary/aromatic N) is 1. The van der Waals surface area contributed by atoms with Crippen molar-refractivity contribution in [3.63, 3.8) is 0 Å². The average molecular weight is 328 g/mol. The first-order chi connectivity index (χ1) is 10.4. The van der Waals surface area contributed by atoms with Gasteiger partial charge in [-0.1, -0.05) is 17.7 Å². The summed E-state index contributed by atoms with van der Waals surface area (Å²) in [6, 6.07) is 4.40. The van der Waals surface area contributed by atoms with E-state index in [-0.39, 0.29) is 5.02 Å². The Labute approximate surface area is 130 Å². The molecule has 1 aromatic heterocycles. The summed E-state index contributed by atoms with van der Waals surface area (Å²) in [5, 5.41) is -0.0752. The van der Waals surface area contributed by atoms with Crippen molar-refractivity contribution >= 4 is 11.6 Å². The van der Waals surface area contributed by atoms with E-state index in [0.717, 1.165) is 42.7 Å². The van der Waals surface area contributed by atoms with Crippen molar-refractivity contribution in [2.75, 3.05) is 0 Å². The van der Waals surface area contributed by atoms with Crippen LogP contribution in [0.2, 0.25) is 5.02 Å². The van der Waals surface area contributed by atoms with E-state index in [0.29, 0.717) is 5.75 Å². The topological polar surface area (TPSA) is 22.1 Å². The number of halogens is 4. The zero-order chi connectivity index (χ0) is 15.9. The summed E-state index contributed by atoms with van der Waals surface area (Å²) in [6.45, 7) is 2.00. The highest BCUT2D eigenvalue weighted by atomic mass is 35.5. The van der Waals surface area contributed by atoms with E-state index < -0.39 is 17.6 Å². The molecule has 0 fully saturated rings. The smallest absolute Gasteiger partial charge is 0.421 e. The molecule has 0 spiro atoms. The second-order valence-corrected chi connectivity index (χ2v) is 5.73. The predicted molar refractivity (Wildman–Crippen MR) is 77.5 cm³/mol. The van der Waals surface area contributed by atoms with Crippen molar-refractivity contribution < 1.29 is 17.9 Å². The minimum Gasteiger partial charge on any atom is -0.438 e. The maximum atomic E-state index is 13.1. The fraction of sp³-hybridized carbons (Fsp3) is 0.312. The molecular formula is C16H13ClF3NO. The van der Waals surface area contributed by atoms with Gasteiger partial charge < -0.3 is 4.74 Å². The Morgan fingerprint density at radius 2 is 1.91 bits per heavy atom. The molecule has 0 atom stereocenters. The average Bonchev–Trinajstić information content (AvgIpc) is 2.93. The molecule has 1 aliphatic rings. The van der Waals surface area contributed by atoms with E-state index in [4.69, 9.17) is 16.3 Å². The molecule has 0 amide bonds. The SMILES string of the molecule is Cc1ccc(Oc2ncc(Cl)cc2C(F)(F)F)c2c1CCC2. The van der Waals surface area contributed by atoms with Crippen LogP contribution in [0.25, 0.3) is 0 Å². The van der Waals surface area contributed by atoms with Gasteiger partial charge in [-0.2, -0.15) is 13.2 Å². The lowest BCUT2D eigenvalue weighted by Crippen LogP contribution is -2.09. The van der Waals surface area contributed by atoms with Gasteiger partial charge in [-0.3, -0.25) is 0 Å². The highest BCUT2D eigenvalue weighted by Gasteiger charge is 2.36. The van der Waals surface area contributed by atoms with Crippen LogP contribution in [0.4, 0.5) is 13.2 Å². The minimum absolute atomic E-state index is 0.0752. The van der Waals surface area contributed by atoms with Crippen LogP contribution in [-0.2, 0) is 19.0 Å². The molecule has 0 saturated carbocycles. The molecule has 0 aliphatic heterocycles. The summed E-state index contributed by atoms with van der Waals surface area (Å²) in [7, 11) is 0. The fourth-order valence-corrected chi connectivity index (χ4v) is 2.92. The Kier molecular flexibility index (Phi) is 3.77. The molecule has 0 bridgehead atoms. The first-order valence-electron chi connectivity index (χ1n) is 6.88. The second kappa shape index (κ2) is 5.47. The highest BCUT2D eigenvalue weighted by Crippen LogP contribution is 2.40. The van der Waals surface area contributed by atoms with Gasteiger partial charge in [0.05, 0.1) is 5.02 Å². The van der Waals surface area contributed by atoms with Gasteiger partial charge in [0.2, 0.25) is 5.88 Å². The van der Waals surface area contributed by atoms with Crippen molar-refractivity contribution in [1.82, 2.24) is 4.98 Å². The maximum absolute atomic E-state index is 13.1. The number of alkyl halides is 3. The number of ether oxygens (including phenoxy) is 1. The summed E-state index contributed by atoms with van der Waals surface area (Å²) in [5.74, 6) is -0.0201. The second-order valence-electron chi connectivity index (χ2n) is 5.30. The van der Waals surface area contributed by atoms with Crippen LogP contribution in [0.3, 0.4) is 0 Å². The third-order valence-electron chi connectivity index (χ3n) is 3.81. The van der Waals surface area contributed by atoms with Crippen molar-refractivity contribution in [3.05, 3.63) is 51.7 Å². The van der Waals surface area contributed by atoms with Crippen molar-refractivity contribution in [2.45, 2.75) is 32.4 Å². The van der Waals surface area contributed by atoms with E-state index in [1.54, 1.807) is 6.07 Å². The number of hydrogen-bond donors (Lipinski definition) is 0. The first kappa shape index (κ1) is 15.2. The third-order valence-corrected chi connectivity index (χ3v) is 4.01. The van der Waals surface area contributed by atoms with Gasteiger partial charge in [-0.05, 0) is 55.0 Å². The summed E-state index contributed by atoms with van der Waals surface area (Å²) in [4.78, 5) is 3.71. The lowest BCUT2D eigenvalue weighted by molar-refractivity contribution is -0.138. The molecule has 0 N–H and O–H groups in total. The summed E-state index contributed by atoms with van der Waals surface area (Å²) in [5.41, 5.74) is 2.32. The minimum atomic E-state index is -4.57. The standard InChI is InChI=1S/C16H13ClF3NO/c1-9-5-6-14(12-4-2-3-11(9)12)22-15-13(16(18,19)20)7-10(17)8-21-15/h5-8H,2-4H2,1H3. The molecule has 0 radical (unpaired) electrons. The van der Waals surface area contributed by atoms with Gasteiger partial charge in [0.25, 0.3) is 0 Å². The van der Waals surface area contributed by atoms with E-state index in [2.05, 4.69) is 4.98 Å². The van der Waals surface area contributed by atoms with Gasteiger partial charge in [-0.25, -0.2) is 4.98 Å². The lowest BCUT2D eigenvalue weighted by Gasteiger charge is -2.15. The Morgan fingerprint density at radius 3 is 2.64 bits per heavy atom. The van der Waals surface area contributed by atoms with Crippen LogP contribution in [0, 0.1) is 6.92 Å². The fourth-order valence-electron chi connectivity index (χ4n) is 2.76. The van der Waals surface area contributed by atoms with Crippen LogP contribution < -0.4 is 4.74 Å². The molecule has 1 aromatic carbocycles. The molecule has 0 unspecified atom stereocenters. The summed E-state index contributed by atoms with van der Waals surface area (Å²) in [6.07, 6.45) is -0.696. The molecule has 0 saturated heterocycles. The van der Waals surface area contributed by atoms with Gasteiger partial charge in [0, 0.05) is 6.20 Å². The summed E-state index contributed by atoms with van der Waals surface area (Å²) < 4.78 is 44.8. The Morgan fingerprint density at radius 1 is 1.18 bits per heavy atom. The van der Waals surface area contributed by atoms with E-state index >= 15 is 0 Å². The number of fused-ring (bicyclic) bond motifs is 1. The monoisotopic (exact) mass is 327 g/mol. The van der Waals surface area contributed by atoms with Crippen molar-refractivity contribution in [2.24, 2.45) is 0 Å². The Bertz CT molecular complexity index is 728. The van der Waals surface area contributed by atoms with Crippen LogP contribution in [0.1, 0.15) is 28.7 Å². The number of pyridine rings is 1. The quantitative estimate of drug-likeness (QED) is 0.742. The first-order valence-corrected chi connectivity index (χ1v) is 7.26. The normalized spacial score (nSPS) is 14.0.